The van der Waals surface area contributed by atoms with Gasteiger partial charge in [0.1, 0.15) is 11.3 Å². The molecule has 0 radical (unpaired) electrons. The SMILES string of the molecule is COc1ccc(/C(C)=N\Nc2nnc3c(n2)[nH]c2ccc(C)cc23)cc1. The Morgan fingerprint density at radius 2 is 1.92 bits per heavy atom. The number of aryl methyl sites for hydroxylation is 1. The van der Waals surface area contributed by atoms with Crippen molar-refractivity contribution >= 4 is 33.7 Å². The molecular weight excluding hydrogens is 328 g/mol. The molecule has 0 fully saturated rings. The molecule has 0 aliphatic carbocycles. The van der Waals surface area contributed by atoms with E-state index in [-0.39, 0.29) is 0 Å². The van der Waals surface area contributed by atoms with E-state index in [1.807, 2.05) is 50.2 Å². The number of ether oxygens (including phenoxy) is 1. The molecule has 2 heterocycles. The quantitative estimate of drug-likeness (QED) is 0.435. The van der Waals surface area contributed by atoms with Gasteiger partial charge in [-0.25, -0.2) is 5.43 Å². The van der Waals surface area contributed by atoms with E-state index >= 15 is 0 Å². The number of rotatable bonds is 4. The molecule has 7 nitrogen and oxygen atoms in total. The van der Waals surface area contributed by atoms with Crippen LogP contribution in [0.15, 0.2) is 47.6 Å². The highest BCUT2D eigenvalue weighted by molar-refractivity contribution is 6.03. The van der Waals surface area contributed by atoms with Crippen molar-refractivity contribution in [3.05, 3.63) is 53.6 Å². The second-order valence-corrected chi connectivity index (χ2v) is 6.04. The average Bonchev–Trinajstić information content (AvgIpc) is 3.03. The van der Waals surface area contributed by atoms with Crippen LogP contribution in [0, 0.1) is 6.92 Å². The minimum atomic E-state index is 0.341. The third-order valence-corrected chi connectivity index (χ3v) is 4.20. The molecule has 0 aliphatic heterocycles. The van der Waals surface area contributed by atoms with Crippen molar-refractivity contribution in [3.8, 4) is 5.75 Å². The Morgan fingerprint density at radius 3 is 2.69 bits per heavy atom. The maximum Gasteiger partial charge on any atom is 0.265 e. The van der Waals surface area contributed by atoms with Gasteiger partial charge >= 0.3 is 0 Å². The fourth-order valence-corrected chi connectivity index (χ4v) is 2.76. The van der Waals surface area contributed by atoms with Gasteiger partial charge in [0, 0.05) is 10.9 Å². The summed E-state index contributed by atoms with van der Waals surface area (Å²) >= 11 is 0. The van der Waals surface area contributed by atoms with Gasteiger partial charge in [-0.15, -0.1) is 10.2 Å². The van der Waals surface area contributed by atoms with Crippen LogP contribution in [0.1, 0.15) is 18.1 Å². The van der Waals surface area contributed by atoms with Gasteiger partial charge in [-0.3, -0.25) is 0 Å². The number of H-pyrrole nitrogens is 1. The van der Waals surface area contributed by atoms with Gasteiger partial charge in [0.25, 0.3) is 5.95 Å². The lowest BCUT2D eigenvalue weighted by molar-refractivity contribution is 0.415. The number of hydrazone groups is 1. The first-order valence-corrected chi connectivity index (χ1v) is 8.21. The first-order chi connectivity index (χ1) is 12.6. The van der Waals surface area contributed by atoms with Crippen LogP contribution in [-0.2, 0) is 0 Å². The molecule has 0 amide bonds. The fourth-order valence-electron chi connectivity index (χ4n) is 2.76. The van der Waals surface area contributed by atoms with Crippen LogP contribution in [0.25, 0.3) is 22.1 Å². The number of nitrogens with zero attached hydrogens (tertiary/aromatic N) is 4. The molecule has 0 saturated heterocycles. The molecule has 4 rings (SSSR count). The van der Waals surface area contributed by atoms with E-state index in [4.69, 9.17) is 4.74 Å². The summed E-state index contributed by atoms with van der Waals surface area (Å²) in [6.45, 7) is 3.96. The zero-order chi connectivity index (χ0) is 18.1. The first-order valence-electron chi connectivity index (χ1n) is 8.21. The number of nitrogens with one attached hydrogen (secondary N) is 2. The van der Waals surface area contributed by atoms with Gasteiger partial charge in [0.2, 0.25) is 0 Å². The van der Waals surface area contributed by atoms with Gasteiger partial charge in [0.05, 0.1) is 12.8 Å². The summed E-state index contributed by atoms with van der Waals surface area (Å²) in [7, 11) is 1.64. The summed E-state index contributed by atoms with van der Waals surface area (Å²) in [6.07, 6.45) is 0. The topological polar surface area (TPSA) is 88.1 Å². The van der Waals surface area contributed by atoms with Crippen LogP contribution in [-0.4, -0.2) is 33.0 Å². The van der Waals surface area contributed by atoms with Crippen LogP contribution in [0.4, 0.5) is 5.95 Å². The fraction of sp³-hybridized carbons (Fsp3) is 0.158. The number of hydrogen-bond acceptors (Lipinski definition) is 6. The van der Waals surface area contributed by atoms with Crippen molar-refractivity contribution in [2.45, 2.75) is 13.8 Å². The smallest absolute Gasteiger partial charge is 0.265 e. The van der Waals surface area contributed by atoms with Gasteiger partial charge in [-0.05, 0) is 55.8 Å². The van der Waals surface area contributed by atoms with Crippen molar-refractivity contribution in [2.24, 2.45) is 5.10 Å². The number of fused-ring (bicyclic) bond motifs is 3. The van der Waals surface area contributed by atoms with Crippen LogP contribution in [0.2, 0.25) is 0 Å². The monoisotopic (exact) mass is 346 g/mol. The molecule has 26 heavy (non-hydrogen) atoms. The summed E-state index contributed by atoms with van der Waals surface area (Å²) in [5, 5.41) is 13.8. The Hall–Kier alpha value is -3.48. The van der Waals surface area contributed by atoms with E-state index in [0.717, 1.165) is 33.4 Å². The lowest BCUT2D eigenvalue weighted by atomic mass is 10.1. The maximum atomic E-state index is 5.16. The second-order valence-electron chi connectivity index (χ2n) is 6.04. The standard InChI is InChI=1S/C19H18N6O/c1-11-4-9-16-15(10-11)17-18(20-16)21-19(25-23-17)24-22-12(2)13-5-7-14(26-3)8-6-13/h4-10H,1-3H3,(H2,20,21,24,25)/b22-12-. The summed E-state index contributed by atoms with van der Waals surface area (Å²) < 4.78 is 5.16. The molecule has 7 heteroatoms. The average molecular weight is 346 g/mol. The number of benzene rings is 2. The molecule has 130 valence electrons. The van der Waals surface area contributed by atoms with Crippen molar-refractivity contribution in [1.29, 1.82) is 0 Å². The molecule has 0 unspecified atom stereocenters. The minimum absolute atomic E-state index is 0.341. The van der Waals surface area contributed by atoms with Gasteiger partial charge in [0.15, 0.2) is 5.65 Å². The van der Waals surface area contributed by atoms with Crippen molar-refractivity contribution in [2.75, 3.05) is 12.5 Å². The third kappa shape index (κ3) is 2.95. The number of aromatic amines is 1. The lowest BCUT2D eigenvalue weighted by Crippen LogP contribution is -2.03. The molecule has 4 aromatic rings. The van der Waals surface area contributed by atoms with Crippen molar-refractivity contribution < 1.29 is 4.74 Å². The number of methoxy groups -OCH3 is 1. The molecule has 2 aromatic carbocycles. The predicted octanol–water partition coefficient (Wildman–Crippen LogP) is 3.66. The molecule has 2 N–H and O–H groups in total. The zero-order valence-electron chi connectivity index (χ0n) is 14.7. The van der Waals surface area contributed by atoms with Crippen molar-refractivity contribution in [3.63, 3.8) is 0 Å². The van der Waals surface area contributed by atoms with Gasteiger partial charge in [-0.1, -0.05) is 11.6 Å². The van der Waals surface area contributed by atoms with Crippen molar-refractivity contribution in [1.82, 2.24) is 20.2 Å². The second kappa shape index (κ2) is 6.44. The van der Waals surface area contributed by atoms with E-state index in [2.05, 4.69) is 36.8 Å². The van der Waals surface area contributed by atoms with Crippen LogP contribution in [0.5, 0.6) is 5.75 Å². The Labute approximate surface area is 150 Å². The zero-order valence-corrected chi connectivity index (χ0v) is 14.7. The Bertz CT molecular complexity index is 1110. The summed E-state index contributed by atoms with van der Waals surface area (Å²) in [5.41, 5.74) is 8.25. The van der Waals surface area contributed by atoms with E-state index in [9.17, 15) is 0 Å². The molecule has 0 saturated carbocycles. The number of hydrogen-bond donors (Lipinski definition) is 2. The van der Waals surface area contributed by atoms with Crippen LogP contribution in [0.3, 0.4) is 0 Å². The lowest BCUT2D eigenvalue weighted by Gasteiger charge is -2.04. The third-order valence-electron chi connectivity index (χ3n) is 4.20. The van der Waals surface area contributed by atoms with E-state index in [0.29, 0.717) is 11.6 Å². The minimum Gasteiger partial charge on any atom is -0.497 e. The number of anilines is 1. The Balaban J connectivity index is 1.61. The molecule has 0 atom stereocenters. The highest BCUT2D eigenvalue weighted by Gasteiger charge is 2.09. The van der Waals surface area contributed by atoms with E-state index < -0.39 is 0 Å². The predicted molar refractivity (Wildman–Crippen MR) is 103 cm³/mol. The highest BCUT2D eigenvalue weighted by atomic mass is 16.5. The molecule has 0 bridgehead atoms. The Morgan fingerprint density at radius 1 is 1.12 bits per heavy atom. The highest BCUT2D eigenvalue weighted by Crippen LogP contribution is 2.23. The molecule has 2 aromatic heterocycles. The normalized spacial score (nSPS) is 11.9. The van der Waals surface area contributed by atoms with Gasteiger partial charge in [-0.2, -0.15) is 10.1 Å². The van der Waals surface area contributed by atoms with E-state index in [1.165, 1.54) is 5.56 Å². The molecular formula is C19H18N6O. The largest absolute Gasteiger partial charge is 0.497 e. The first kappa shape index (κ1) is 16.0. The Kier molecular flexibility index (Phi) is 3.96. The van der Waals surface area contributed by atoms with E-state index in [1.54, 1.807) is 7.11 Å². The molecule has 0 spiro atoms. The van der Waals surface area contributed by atoms with Crippen LogP contribution < -0.4 is 10.2 Å². The summed E-state index contributed by atoms with van der Waals surface area (Å²) in [5.74, 6) is 1.15. The summed E-state index contributed by atoms with van der Waals surface area (Å²) in [6, 6.07) is 13.8. The number of aromatic nitrogens is 4. The molecule has 0 aliphatic rings. The van der Waals surface area contributed by atoms with Crippen LogP contribution >= 0.6 is 0 Å². The van der Waals surface area contributed by atoms with Gasteiger partial charge < -0.3 is 9.72 Å². The maximum absolute atomic E-state index is 5.16. The summed E-state index contributed by atoms with van der Waals surface area (Å²) in [4.78, 5) is 7.73.